The van der Waals surface area contributed by atoms with E-state index in [1.165, 1.54) is 18.4 Å². The molecule has 0 saturated carbocycles. The molecule has 2 aromatic carbocycles. The number of Topliss-reactive ketones (excluding diaryl/α,β-unsaturated/α-hetero) is 5. The fraction of sp³-hybridized carbons (Fsp3) is 0.683. The van der Waals surface area contributed by atoms with Gasteiger partial charge in [-0.2, -0.15) is 0 Å². The summed E-state index contributed by atoms with van der Waals surface area (Å²) in [4.78, 5) is 158. The first kappa shape index (κ1) is 92.9. The summed E-state index contributed by atoms with van der Waals surface area (Å²) in [5, 5.41) is 17.2. The van der Waals surface area contributed by atoms with Crippen LogP contribution in [-0.4, -0.2) is 161 Å². The first-order valence-electron chi connectivity index (χ1n) is 38.0. The number of benzene rings is 2. The standard InChI is InChI=1S/C81H127N9O14S.CH4/c1-19-53(6)71(66(102-17)49-69(96)90-43-28-33-63(90)72(103-18)54(7)64(92)47-58(75-83-42-44-105-75)45-55-29-23-22-24-30-55)89(16)76(99)61(51(2)3)48-67(94)81(14,15)88-78(101)104-50-56-35-37-59(38-36-56)85-74(98)57(31-27-41-84-77(82)100)46-65(93)70(52(4)5)86-68(95)34-26-21-20-25-32-60(91)39-40-62(87-80(11,12)13)73(97)79(8,9)10;/h22-24,29-30,35-38,42,44,51-54,57-58,61-63,66,70-72,87H,19-21,25-28,31-34,39-41,43,45-50H2,1-18H3,(H,85,98)(H,86,95)(H,88,101)(H3,82,84,100);1H4/t53-,54-,57+,58+,61-,62+,63-,66+,70-,71-,72+;/m0./s1. The van der Waals surface area contributed by atoms with Crippen LogP contribution in [0, 0.1) is 40.9 Å². The minimum atomic E-state index is -1.47. The average molecular weight is 1500 g/mol. The highest BCUT2D eigenvalue weighted by Crippen LogP contribution is 2.35. The molecule has 0 spiro atoms. The van der Waals surface area contributed by atoms with Gasteiger partial charge in [0.2, 0.25) is 23.6 Å². The number of likely N-dealkylation sites (N-methyl/N-ethyl adjacent to an activating group) is 1. The van der Waals surface area contributed by atoms with Gasteiger partial charge in [-0.1, -0.05) is 138 Å². The van der Waals surface area contributed by atoms with Crippen molar-refractivity contribution in [1.29, 1.82) is 0 Å². The molecule has 0 aliphatic carbocycles. The number of thiazole rings is 1. The number of carbonyl (C=O) groups excluding carboxylic acids is 11. The summed E-state index contributed by atoms with van der Waals surface area (Å²) in [6.07, 6.45) is 6.61. The summed E-state index contributed by atoms with van der Waals surface area (Å²) < 4.78 is 17.9. The molecule has 7 N–H and O–H groups in total. The zero-order valence-corrected chi connectivity index (χ0v) is 67.1. The first-order valence-corrected chi connectivity index (χ1v) is 38.8. The van der Waals surface area contributed by atoms with Gasteiger partial charge in [0, 0.05) is 125 Å². The Balaban J connectivity index is 0.0000292. The van der Waals surface area contributed by atoms with E-state index in [0.717, 1.165) is 23.4 Å². The largest absolute Gasteiger partial charge is 0.445 e. The highest BCUT2D eigenvalue weighted by Gasteiger charge is 2.44. The van der Waals surface area contributed by atoms with E-state index < -0.39 is 82.9 Å². The molecule has 2 heterocycles. The van der Waals surface area contributed by atoms with Gasteiger partial charge in [0.1, 0.15) is 18.2 Å². The topological polar surface area (TPSA) is 321 Å². The second kappa shape index (κ2) is 44.9. The maximum Gasteiger partial charge on any atom is 0.408 e. The number of nitrogens with one attached hydrogen (secondary N) is 5. The van der Waals surface area contributed by atoms with Crippen molar-refractivity contribution in [3.8, 4) is 0 Å². The Hall–Kier alpha value is -7.28. The minimum Gasteiger partial charge on any atom is -0.445 e. The van der Waals surface area contributed by atoms with E-state index in [4.69, 9.17) is 19.9 Å². The maximum absolute atomic E-state index is 14.8. The molecular weight excluding hydrogens is 1370 g/mol. The summed E-state index contributed by atoms with van der Waals surface area (Å²) in [6, 6.07) is 13.6. The molecule has 0 unspecified atom stereocenters. The molecule has 0 radical (unpaired) electrons. The summed E-state index contributed by atoms with van der Waals surface area (Å²) in [5.41, 5.74) is 5.05. The molecule has 106 heavy (non-hydrogen) atoms. The molecule has 0 bridgehead atoms. The number of nitrogens with zero attached hydrogens (tertiary/aromatic N) is 3. The van der Waals surface area contributed by atoms with E-state index in [-0.39, 0.29) is 135 Å². The van der Waals surface area contributed by atoms with E-state index in [1.54, 1.807) is 63.4 Å². The number of anilines is 1. The Morgan fingerprint density at radius 2 is 1.40 bits per heavy atom. The Bertz CT molecular complexity index is 3280. The van der Waals surface area contributed by atoms with Gasteiger partial charge in [0.05, 0.1) is 53.3 Å². The number of carbonyl (C=O) groups is 11. The Kier molecular flexibility index (Phi) is 39.3. The van der Waals surface area contributed by atoms with Crippen molar-refractivity contribution < 1.29 is 67.0 Å². The molecule has 1 aliphatic rings. The van der Waals surface area contributed by atoms with Crippen LogP contribution in [0.5, 0.6) is 0 Å². The number of likely N-dealkylation sites (tertiary alicyclic amines) is 1. The summed E-state index contributed by atoms with van der Waals surface area (Å²) in [6.45, 7) is 28.4. The van der Waals surface area contributed by atoms with Crippen molar-refractivity contribution in [2.45, 2.75) is 287 Å². The number of primary amides is 1. The monoisotopic (exact) mass is 1500 g/mol. The van der Waals surface area contributed by atoms with Crippen LogP contribution in [0.1, 0.15) is 242 Å². The number of amides is 7. The lowest BCUT2D eigenvalue weighted by atomic mass is 9.83. The van der Waals surface area contributed by atoms with E-state index in [2.05, 4.69) is 43.7 Å². The molecular formula is C82H131N9O14S. The summed E-state index contributed by atoms with van der Waals surface area (Å²) in [5.74, 6) is -4.79. The number of nitrogens with two attached hydrogens (primary N) is 1. The van der Waals surface area contributed by atoms with Crippen molar-refractivity contribution in [3.05, 3.63) is 82.3 Å². The quantitative estimate of drug-likeness (QED) is 0.0286. The number of methoxy groups -OCH3 is 2. The Labute approximate surface area is 637 Å². The van der Waals surface area contributed by atoms with Crippen LogP contribution in [-0.2, 0) is 70.4 Å². The first-order chi connectivity index (χ1) is 49.3. The van der Waals surface area contributed by atoms with Crippen molar-refractivity contribution in [1.82, 2.24) is 36.1 Å². The number of urea groups is 1. The highest BCUT2D eigenvalue weighted by molar-refractivity contribution is 7.09. The second-order valence-electron chi connectivity index (χ2n) is 32.1. The van der Waals surface area contributed by atoms with Gasteiger partial charge >= 0.3 is 12.1 Å². The third-order valence-electron chi connectivity index (χ3n) is 20.3. The fourth-order valence-corrected chi connectivity index (χ4v) is 14.7. The van der Waals surface area contributed by atoms with Crippen LogP contribution in [0.25, 0.3) is 0 Å². The van der Waals surface area contributed by atoms with Crippen molar-refractivity contribution in [3.63, 3.8) is 0 Å². The van der Waals surface area contributed by atoms with Gasteiger partial charge in [0.25, 0.3) is 0 Å². The van der Waals surface area contributed by atoms with Crippen LogP contribution in [0.15, 0.2) is 66.2 Å². The molecule has 1 fully saturated rings. The van der Waals surface area contributed by atoms with Gasteiger partial charge in [-0.15, -0.1) is 11.3 Å². The van der Waals surface area contributed by atoms with E-state index >= 15 is 0 Å². The molecule has 24 heteroatoms. The molecule has 1 aliphatic heterocycles. The van der Waals surface area contributed by atoms with Gasteiger partial charge in [-0.3, -0.25) is 43.2 Å². The molecule has 7 amide bonds. The molecule has 1 aromatic heterocycles. The predicted molar refractivity (Wildman–Crippen MR) is 418 cm³/mol. The lowest BCUT2D eigenvalue weighted by Crippen LogP contribution is -2.55. The van der Waals surface area contributed by atoms with E-state index in [9.17, 15) is 52.7 Å². The van der Waals surface area contributed by atoms with Crippen LogP contribution >= 0.6 is 11.3 Å². The molecule has 11 atom stereocenters. The Morgan fingerprint density at radius 3 is 1.96 bits per heavy atom. The summed E-state index contributed by atoms with van der Waals surface area (Å²) in [7, 11) is 4.81. The number of unbranched alkanes of at least 4 members (excludes halogenated alkanes) is 3. The zero-order chi connectivity index (χ0) is 78.5. The number of ketones is 5. The number of hydrogen-bond donors (Lipinski definition) is 6. The lowest BCUT2D eigenvalue weighted by Gasteiger charge is -2.41. The summed E-state index contributed by atoms with van der Waals surface area (Å²) >= 11 is 1.54. The van der Waals surface area contributed by atoms with Crippen molar-refractivity contribution in [2.75, 3.05) is 39.7 Å². The number of rotatable bonds is 47. The molecule has 4 rings (SSSR count). The normalized spacial score (nSPS) is 16.2. The Morgan fingerprint density at radius 1 is 0.745 bits per heavy atom. The third-order valence-corrected chi connectivity index (χ3v) is 21.3. The van der Waals surface area contributed by atoms with Gasteiger partial charge in [-0.05, 0) is 127 Å². The van der Waals surface area contributed by atoms with Crippen molar-refractivity contribution >= 4 is 81.7 Å². The molecule has 23 nitrogen and oxygen atoms in total. The third kappa shape index (κ3) is 30.8. The minimum absolute atomic E-state index is 0. The molecule has 594 valence electrons. The smallest absolute Gasteiger partial charge is 0.408 e. The van der Waals surface area contributed by atoms with Crippen LogP contribution in [0.4, 0.5) is 15.3 Å². The number of alkyl carbamates (subject to hydrolysis) is 1. The van der Waals surface area contributed by atoms with Gasteiger partial charge in [-0.25, -0.2) is 14.6 Å². The van der Waals surface area contributed by atoms with Gasteiger partial charge < -0.3 is 56.3 Å². The lowest BCUT2D eigenvalue weighted by molar-refractivity contribution is -0.149. The SMILES string of the molecule is C.CC[C@H](C)[C@@H]([C@@H](CC(=O)N1CCC[C@H]1[C@H](OC)[C@@H](C)C(=O)C[C@@H](Cc1ccccc1)c1nccs1)OC)N(C)C(=O)[C@@H](CC(=O)C(C)(C)NC(=O)OCc1ccc(NC(=O)[C@H](CCCNC(N)=O)CC(=O)[C@@H](NC(=O)CCCCCCC(=O)CC[C@@H](NC(C)(C)C)C(=O)C(C)(C)C)C(C)C)cc1)C(C)C. The number of aromatic nitrogens is 1. The highest BCUT2D eigenvalue weighted by atomic mass is 32.1. The number of hydrogen-bond acceptors (Lipinski definition) is 17. The average Bonchev–Trinajstić information content (AvgIpc) is 1.36. The predicted octanol–water partition coefficient (Wildman–Crippen LogP) is 13.1. The maximum atomic E-state index is 14.8. The van der Waals surface area contributed by atoms with Crippen LogP contribution < -0.4 is 32.3 Å². The molecule has 3 aromatic rings. The van der Waals surface area contributed by atoms with E-state index in [0.29, 0.717) is 82.0 Å². The number of ether oxygens (including phenoxy) is 3. The van der Waals surface area contributed by atoms with Crippen molar-refractivity contribution in [2.24, 2.45) is 46.7 Å². The zero-order valence-electron chi connectivity index (χ0n) is 66.2. The van der Waals surface area contributed by atoms with Crippen LogP contribution in [0.2, 0.25) is 0 Å². The van der Waals surface area contributed by atoms with Gasteiger partial charge in [0.15, 0.2) is 17.3 Å². The molecule has 1 saturated heterocycles. The fourth-order valence-electron chi connectivity index (χ4n) is 13.9. The van der Waals surface area contributed by atoms with Crippen LogP contribution in [0.3, 0.4) is 0 Å². The second-order valence-corrected chi connectivity index (χ2v) is 33.1. The van der Waals surface area contributed by atoms with E-state index in [1.807, 2.05) is 118 Å².